The molecular formula is C18H31NO4. The molecule has 5 nitrogen and oxygen atoms in total. The van der Waals surface area contributed by atoms with Crippen LogP contribution in [0.1, 0.15) is 61.3 Å². The van der Waals surface area contributed by atoms with Crippen LogP contribution in [0.2, 0.25) is 0 Å². The third-order valence-electron chi connectivity index (χ3n) is 4.53. The molecule has 1 fully saturated rings. The summed E-state index contributed by atoms with van der Waals surface area (Å²) in [7, 11) is 0. The van der Waals surface area contributed by atoms with Crippen molar-refractivity contribution in [1.29, 1.82) is 0 Å². The molecule has 5 heteroatoms. The number of carboxylic acid groups (broad SMARTS) is 1. The summed E-state index contributed by atoms with van der Waals surface area (Å²) in [4.78, 5) is 26.4. The summed E-state index contributed by atoms with van der Waals surface area (Å²) >= 11 is 0. The molecule has 1 heterocycles. The second-order valence-corrected chi connectivity index (χ2v) is 8.96. The Balaban J connectivity index is 3.39. The van der Waals surface area contributed by atoms with E-state index in [-0.39, 0.29) is 5.41 Å². The van der Waals surface area contributed by atoms with Gasteiger partial charge in [0.05, 0.1) is 0 Å². The first kappa shape index (κ1) is 19.5. The number of aliphatic carboxylic acids is 1. The summed E-state index contributed by atoms with van der Waals surface area (Å²) in [6.45, 7) is 17.0. The Bertz CT molecular complexity index is 500. The van der Waals surface area contributed by atoms with E-state index in [1.54, 1.807) is 26.8 Å². The monoisotopic (exact) mass is 325 g/mol. The predicted molar refractivity (Wildman–Crippen MR) is 90.3 cm³/mol. The number of hydrogen-bond acceptors (Lipinski definition) is 3. The third-order valence-corrected chi connectivity index (χ3v) is 4.53. The zero-order valence-corrected chi connectivity index (χ0v) is 15.5. The molecule has 0 aromatic carbocycles. The fraction of sp³-hybridized carbons (Fsp3) is 0.778. The van der Waals surface area contributed by atoms with Crippen molar-refractivity contribution >= 4 is 12.1 Å². The van der Waals surface area contributed by atoms with Gasteiger partial charge in [-0.1, -0.05) is 33.8 Å². The molecule has 0 aromatic heterocycles. The van der Waals surface area contributed by atoms with Crippen molar-refractivity contribution in [3.05, 3.63) is 12.7 Å². The Labute approximate surface area is 139 Å². The lowest BCUT2D eigenvalue weighted by molar-refractivity contribution is -0.157. The van der Waals surface area contributed by atoms with Crippen molar-refractivity contribution in [1.82, 2.24) is 4.90 Å². The summed E-state index contributed by atoms with van der Waals surface area (Å²) in [5.74, 6) is -0.983. The van der Waals surface area contributed by atoms with Crippen LogP contribution in [0.5, 0.6) is 0 Å². The van der Waals surface area contributed by atoms with Gasteiger partial charge in [-0.15, -0.1) is 6.58 Å². The van der Waals surface area contributed by atoms with Crippen LogP contribution < -0.4 is 0 Å². The van der Waals surface area contributed by atoms with E-state index in [0.29, 0.717) is 19.4 Å². The van der Waals surface area contributed by atoms with E-state index in [2.05, 4.69) is 6.58 Å². The number of amides is 1. The van der Waals surface area contributed by atoms with Crippen molar-refractivity contribution in [2.75, 3.05) is 6.54 Å². The molecule has 23 heavy (non-hydrogen) atoms. The van der Waals surface area contributed by atoms with Crippen molar-refractivity contribution in [3.63, 3.8) is 0 Å². The van der Waals surface area contributed by atoms with Gasteiger partial charge >= 0.3 is 12.1 Å². The molecule has 0 radical (unpaired) electrons. The van der Waals surface area contributed by atoms with Crippen LogP contribution >= 0.6 is 0 Å². The van der Waals surface area contributed by atoms with Crippen LogP contribution in [0.4, 0.5) is 4.79 Å². The molecule has 2 unspecified atom stereocenters. The lowest BCUT2D eigenvalue weighted by Gasteiger charge is -2.44. The second kappa shape index (κ2) is 5.84. The van der Waals surface area contributed by atoms with E-state index in [1.165, 1.54) is 4.90 Å². The van der Waals surface area contributed by atoms with Crippen LogP contribution in [0.25, 0.3) is 0 Å². The molecular weight excluding hydrogens is 294 g/mol. The number of allylic oxidation sites excluding steroid dienone is 1. The Morgan fingerprint density at radius 2 is 1.78 bits per heavy atom. The second-order valence-electron chi connectivity index (χ2n) is 8.96. The van der Waals surface area contributed by atoms with Gasteiger partial charge in [-0.05, 0) is 44.4 Å². The summed E-state index contributed by atoms with van der Waals surface area (Å²) in [5.41, 5.74) is -2.93. The minimum atomic E-state index is -1.30. The highest BCUT2D eigenvalue weighted by Crippen LogP contribution is 2.52. The molecule has 1 saturated heterocycles. The molecule has 0 bridgehead atoms. The molecule has 1 N–H and O–H groups in total. The van der Waals surface area contributed by atoms with Gasteiger partial charge in [0, 0.05) is 6.54 Å². The largest absolute Gasteiger partial charge is 0.479 e. The summed E-state index contributed by atoms with van der Waals surface area (Å²) < 4.78 is 5.49. The van der Waals surface area contributed by atoms with Gasteiger partial charge in [0.15, 0.2) is 0 Å². The number of rotatable bonds is 3. The Morgan fingerprint density at radius 3 is 2.13 bits per heavy atom. The minimum absolute atomic E-state index is 0.329. The zero-order valence-electron chi connectivity index (χ0n) is 15.5. The average molecular weight is 325 g/mol. The van der Waals surface area contributed by atoms with Gasteiger partial charge in [-0.25, -0.2) is 9.59 Å². The maximum Gasteiger partial charge on any atom is 0.411 e. The van der Waals surface area contributed by atoms with Crippen molar-refractivity contribution in [2.24, 2.45) is 10.8 Å². The number of likely N-dealkylation sites (tertiary alicyclic amines) is 1. The fourth-order valence-corrected chi connectivity index (χ4v) is 3.49. The van der Waals surface area contributed by atoms with Crippen molar-refractivity contribution in [3.8, 4) is 0 Å². The summed E-state index contributed by atoms with van der Waals surface area (Å²) in [6.07, 6.45) is 2.25. The Morgan fingerprint density at radius 1 is 1.26 bits per heavy atom. The highest BCUT2D eigenvalue weighted by molar-refractivity contribution is 5.86. The van der Waals surface area contributed by atoms with E-state index < -0.39 is 28.6 Å². The summed E-state index contributed by atoms with van der Waals surface area (Å²) in [6, 6.07) is 0. The standard InChI is InChI=1S/C18H31NO4/c1-9-10-17(8)11-18(13(20)21,15(2,3)4)19(12-17)14(22)23-16(5,6)7/h9H,1,10-12H2,2-8H3,(H,20,21). The van der Waals surface area contributed by atoms with Crippen LogP contribution in [0.15, 0.2) is 12.7 Å². The van der Waals surface area contributed by atoms with Gasteiger partial charge in [-0.3, -0.25) is 4.90 Å². The highest BCUT2D eigenvalue weighted by atomic mass is 16.6. The third kappa shape index (κ3) is 3.70. The summed E-state index contributed by atoms with van der Waals surface area (Å²) in [5, 5.41) is 10.0. The van der Waals surface area contributed by atoms with E-state index in [0.717, 1.165) is 0 Å². The molecule has 132 valence electrons. The van der Waals surface area contributed by atoms with Crippen LogP contribution in [0.3, 0.4) is 0 Å². The normalized spacial score (nSPS) is 28.6. The Kier molecular flexibility index (Phi) is 4.96. The number of carbonyl (C=O) groups excluding carboxylic acids is 1. The molecule has 0 aliphatic carbocycles. The molecule has 1 aliphatic rings. The highest BCUT2D eigenvalue weighted by Gasteiger charge is 2.63. The van der Waals surface area contributed by atoms with E-state index in [9.17, 15) is 14.7 Å². The van der Waals surface area contributed by atoms with Crippen molar-refractivity contribution < 1.29 is 19.4 Å². The van der Waals surface area contributed by atoms with Gasteiger partial charge in [0.1, 0.15) is 11.1 Å². The maximum absolute atomic E-state index is 12.7. The fourth-order valence-electron chi connectivity index (χ4n) is 3.49. The number of carboxylic acids is 1. The number of carbonyl (C=O) groups is 2. The smallest absolute Gasteiger partial charge is 0.411 e. The SMILES string of the molecule is C=CCC1(C)CN(C(=O)OC(C)(C)C)C(C(=O)O)(C(C)(C)C)C1. The van der Waals surface area contributed by atoms with Crippen molar-refractivity contribution in [2.45, 2.75) is 72.4 Å². The number of ether oxygens (including phenoxy) is 1. The van der Waals surface area contributed by atoms with Gasteiger partial charge in [0.2, 0.25) is 0 Å². The number of hydrogen-bond donors (Lipinski definition) is 1. The quantitative estimate of drug-likeness (QED) is 0.794. The number of nitrogens with zero attached hydrogens (tertiary/aromatic N) is 1. The minimum Gasteiger partial charge on any atom is -0.479 e. The molecule has 1 amide bonds. The lowest BCUT2D eigenvalue weighted by Crippen LogP contribution is -2.61. The zero-order chi connectivity index (χ0) is 18.3. The van der Waals surface area contributed by atoms with Crippen LogP contribution in [-0.2, 0) is 9.53 Å². The first-order valence-electron chi connectivity index (χ1n) is 8.03. The van der Waals surface area contributed by atoms with Gasteiger partial charge in [-0.2, -0.15) is 0 Å². The van der Waals surface area contributed by atoms with Gasteiger partial charge in [0.25, 0.3) is 0 Å². The first-order chi connectivity index (χ1) is 10.2. The molecule has 0 spiro atoms. The molecule has 0 aromatic rings. The maximum atomic E-state index is 12.7. The van der Waals surface area contributed by atoms with E-state index in [1.807, 2.05) is 27.7 Å². The Hall–Kier alpha value is -1.52. The van der Waals surface area contributed by atoms with Gasteiger partial charge < -0.3 is 9.84 Å². The van der Waals surface area contributed by atoms with Crippen LogP contribution in [0, 0.1) is 10.8 Å². The topological polar surface area (TPSA) is 66.8 Å². The average Bonchev–Trinajstić information content (AvgIpc) is 2.62. The molecule has 1 rings (SSSR count). The van der Waals surface area contributed by atoms with Crippen LogP contribution in [-0.4, -0.2) is 39.8 Å². The predicted octanol–water partition coefficient (Wildman–Crippen LogP) is 4.08. The van der Waals surface area contributed by atoms with E-state index >= 15 is 0 Å². The first-order valence-corrected chi connectivity index (χ1v) is 8.03. The van der Waals surface area contributed by atoms with E-state index in [4.69, 9.17) is 4.74 Å². The lowest BCUT2D eigenvalue weighted by atomic mass is 9.67. The molecule has 0 saturated carbocycles. The molecule has 2 atom stereocenters. The molecule has 1 aliphatic heterocycles.